The molecule has 0 bridgehead atoms. The van der Waals surface area contributed by atoms with Crippen molar-refractivity contribution in [1.82, 2.24) is 20.0 Å². The monoisotopic (exact) mass is 346 g/mol. The fourth-order valence-corrected chi connectivity index (χ4v) is 3.42. The number of hydrogen-bond donors (Lipinski definition) is 1. The van der Waals surface area contributed by atoms with Crippen LogP contribution >= 0.6 is 0 Å². The summed E-state index contributed by atoms with van der Waals surface area (Å²) in [6.07, 6.45) is 3.13. The largest absolute Gasteiger partial charge is 0.383 e. The molecular formula is C19H27FN4O. The van der Waals surface area contributed by atoms with E-state index in [1.54, 1.807) is 11.8 Å². The molecule has 1 aromatic carbocycles. The van der Waals surface area contributed by atoms with Gasteiger partial charge in [-0.05, 0) is 42.6 Å². The summed E-state index contributed by atoms with van der Waals surface area (Å²) < 4.78 is 20.2. The van der Waals surface area contributed by atoms with Crippen LogP contribution in [-0.2, 0) is 11.8 Å². The molecule has 0 saturated carbocycles. The van der Waals surface area contributed by atoms with Crippen molar-refractivity contribution in [3.63, 3.8) is 0 Å². The minimum absolute atomic E-state index is 0.0187. The van der Waals surface area contributed by atoms with Gasteiger partial charge in [-0.3, -0.25) is 4.68 Å². The standard InChI is InChI=1S/C19H27FN4O/c1-23-9-8-18(22-23)19(16-3-5-17(20)6-4-16)21-13-15-7-10-24(14-15)11-12-25-2/h3-6,8-9,15,19,21H,7,10-14H2,1-2H3/t15-,19+/m0/s1. The predicted molar refractivity (Wildman–Crippen MR) is 95.9 cm³/mol. The fraction of sp³-hybridized carbons (Fsp3) is 0.526. The van der Waals surface area contributed by atoms with Gasteiger partial charge in [-0.2, -0.15) is 5.10 Å². The fourth-order valence-electron chi connectivity index (χ4n) is 3.42. The Kier molecular flexibility index (Phi) is 6.18. The minimum atomic E-state index is -0.215. The molecule has 1 N–H and O–H groups in total. The molecule has 0 amide bonds. The molecule has 0 radical (unpaired) electrons. The maximum Gasteiger partial charge on any atom is 0.123 e. The van der Waals surface area contributed by atoms with Crippen LogP contribution in [0.25, 0.3) is 0 Å². The molecule has 0 spiro atoms. The summed E-state index contributed by atoms with van der Waals surface area (Å²) >= 11 is 0. The van der Waals surface area contributed by atoms with Gasteiger partial charge in [0.15, 0.2) is 0 Å². The van der Waals surface area contributed by atoms with E-state index in [2.05, 4.69) is 15.3 Å². The van der Waals surface area contributed by atoms with Crippen LogP contribution in [0.2, 0.25) is 0 Å². The average Bonchev–Trinajstić information content (AvgIpc) is 3.24. The van der Waals surface area contributed by atoms with Gasteiger partial charge in [0.25, 0.3) is 0 Å². The first-order chi connectivity index (χ1) is 12.2. The summed E-state index contributed by atoms with van der Waals surface area (Å²) in [4.78, 5) is 2.45. The van der Waals surface area contributed by atoms with E-state index in [1.807, 2.05) is 31.4 Å². The normalized spacial score (nSPS) is 19.4. The van der Waals surface area contributed by atoms with E-state index in [0.717, 1.165) is 44.0 Å². The van der Waals surface area contributed by atoms with E-state index < -0.39 is 0 Å². The summed E-state index contributed by atoms with van der Waals surface area (Å²) in [5, 5.41) is 8.19. The summed E-state index contributed by atoms with van der Waals surface area (Å²) in [7, 11) is 3.66. The zero-order valence-electron chi connectivity index (χ0n) is 15.0. The molecule has 1 aliphatic heterocycles. The van der Waals surface area contributed by atoms with Gasteiger partial charge in [0.1, 0.15) is 5.82 Å². The third-order valence-electron chi connectivity index (χ3n) is 4.83. The highest BCUT2D eigenvalue weighted by Gasteiger charge is 2.24. The van der Waals surface area contributed by atoms with Crippen molar-refractivity contribution in [3.8, 4) is 0 Å². The quantitative estimate of drug-likeness (QED) is 0.796. The smallest absolute Gasteiger partial charge is 0.123 e. The van der Waals surface area contributed by atoms with Crippen LogP contribution in [0.5, 0.6) is 0 Å². The highest BCUT2D eigenvalue weighted by molar-refractivity contribution is 5.27. The number of aromatic nitrogens is 2. The molecule has 6 heteroatoms. The first kappa shape index (κ1) is 18.0. The van der Waals surface area contributed by atoms with Gasteiger partial charge in [0, 0.05) is 40.0 Å². The second-order valence-electron chi connectivity index (χ2n) is 6.76. The lowest BCUT2D eigenvalue weighted by Gasteiger charge is -2.21. The van der Waals surface area contributed by atoms with Gasteiger partial charge in [-0.25, -0.2) is 4.39 Å². The van der Waals surface area contributed by atoms with Crippen molar-refractivity contribution in [1.29, 1.82) is 0 Å². The average molecular weight is 346 g/mol. The minimum Gasteiger partial charge on any atom is -0.383 e. The Labute approximate surface area is 148 Å². The van der Waals surface area contributed by atoms with E-state index in [0.29, 0.717) is 5.92 Å². The van der Waals surface area contributed by atoms with Crippen molar-refractivity contribution in [2.24, 2.45) is 13.0 Å². The Hall–Kier alpha value is -1.76. The Morgan fingerprint density at radius 3 is 2.80 bits per heavy atom. The third kappa shape index (κ3) is 4.87. The molecule has 0 aliphatic carbocycles. The number of likely N-dealkylation sites (tertiary alicyclic amines) is 1. The number of ether oxygens (including phenoxy) is 1. The van der Waals surface area contributed by atoms with Crippen molar-refractivity contribution in [3.05, 3.63) is 53.6 Å². The SMILES string of the molecule is COCCN1CC[C@@H](CN[C@H](c2ccc(F)cc2)c2ccn(C)n2)C1. The number of nitrogens with zero attached hydrogens (tertiary/aromatic N) is 3. The lowest BCUT2D eigenvalue weighted by atomic mass is 10.0. The molecule has 2 atom stereocenters. The summed E-state index contributed by atoms with van der Waals surface area (Å²) in [6, 6.07) is 8.68. The Morgan fingerprint density at radius 2 is 2.12 bits per heavy atom. The third-order valence-corrected chi connectivity index (χ3v) is 4.83. The van der Waals surface area contributed by atoms with Crippen molar-refractivity contribution in [2.45, 2.75) is 12.5 Å². The van der Waals surface area contributed by atoms with Crippen LogP contribution in [0, 0.1) is 11.7 Å². The Balaban J connectivity index is 1.64. The van der Waals surface area contributed by atoms with Gasteiger partial charge in [0.05, 0.1) is 18.3 Å². The summed E-state index contributed by atoms with van der Waals surface area (Å²) in [5.41, 5.74) is 2.00. The van der Waals surface area contributed by atoms with Gasteiger partial charge in [-0.1, -0.05) is 12.1 Å². The van der Waals surface area contributed by atoms with Crippen LogP contribution in [0.4, 0.5) is 4.39 Å². The molecule has 1 aromatic heterocycles. The maximum atomic E-state index is 13.3. The number of benzene rings is 1. The van der Waals surface area contributed by atoms with Gasteiger partial charge < -0.3 is 15.0 Å². The van der Waals surface area contributed by atoms with Crippen LogP contribution < -0.4 is 5.32 Å². The molecule has 1 fully saturated rings. The molecule has 3 rings (SSSR count). The van der Waals surface area contributed by atoms with E-state index in [9.17, 15) is 4.39 Å². The molecule has 0 unspecified atom stereocenters. The predicted octanol–water partition coefficient (Wildman–Crippen LogP) is 2.21. The van der Waals surface area contributed by atoms with Gasteiger partial charge in [0.2, 0.25) is 0 Å². The first-order valence-electron chi connectivity index (χ1n) is 8.85. The summed E-state index contributed by atoms with van der Waals surface area (Å²) in [6.45, 7) is 4.91. The lowest BCUT2D eigenvalue weighted by Crippen LogP contribution is -2.31. The van der Waals surface area contributed by atoms with Gasteiger partial charge in [-0.15, -0.1) is 0 Å². The van der Waals surface area contributed by atoms with Crippen LogP contribution in [0.15, 0.2) is 36.5 Å². The summed E-state index contributed by atoms with van der Waals surface area (Å²) in [5.74, 6) is 0.400. The molecule has 1 aliphatic rings. The molecule has 2 heterocycles. The second-order valence-corrected chi connectivity index (χ2v) is 6.76. The van der Waals surface area contributed by atoms with Gasteiger partial charge >= 0.3 is 0 Å². The van der Waals surface area contributed by atoms with E-state index in [4.69, 9.17) is 4.74 Å². The van der Waals surface area contributed by atoms with Crippen molar-refractivity contribution >= 4 is 0 Å². The number of halogens is 1. The molecule has 136 valence electrons. The Morgan fingerprint density at radius 1 is 1.32 bits per heavy atom. The number of methoxy groups -OCH3 is 1. The van der Waals surface area contributed by atoms with Crippen molar-refractivity contribution in [2.75, 3.05) is 39.9 Å². The lowest BCUT2D eigenvalue weighted by molar-refractivity contribution is 0.159. The number of nitrogens with one attached hydrogen (secondary N) is 1. The highest BCUT2D eigenvalue weighted by Crippen LogP contribution is 2.23. The van der Waals surface area contributed by atoms with Crippen molar-refractivity contribution < 1.29 is 9.13 Å². The van der Waals surface area contributed by atoms with E-state index in [-0.39, 0.29) is 11.9 Å². The molecule has 25 heavy (non-hydrogen) atoms. The topological polar surface area (TPSA) is 42.3 Å². The highest BCUT2D eigenvalue weighted by atomic mass is 19.1. The zero-order chi connectivity index (χ0) is 17.6. The molecule has 5 nitrogen and oxygen atoms in total. The molecule has 1 saturated heterocycles. The molecule has 2 aromatic rings. The number of aryl methyl sites for hydroxylation is 1. The van der Waals surface area contributed by atoms with E-state index >= 15 is 0 Å². The van der Waals surface area contributed by atoms with Crippen LogP contribution in [0.3, 0.4) is 0 Å². The number of hydrogen-bond acceptors (Lipinski definition) is 4. The molecular weight excluding hydrogens is 319 g/mol. The first-order valence-corrected chi connectivity index (χ1v) is 8.85. The van der Waals surface area contributed by atoms with Crippen LogP contribution in [-0.4, -0.2) is 54.6 Å². The van der Waals surface area contributed by atoms with E-state index in [1.165, 1.54) is 18.6 Å². The number of rotatable bonds is 8. The zero-order valence-corrected chi connectivity index (χ0v) is 15.0. The Bertz CT molecular complexity index is 658. The maximum absolute atomic E-state index is 13.3. The second kappa shape index (κ2) is 8.56. The van der Waals surface area contributed by atoms with Crippen LogP contribution in [0.1, 0.15) is 23.7 Å².